The lowest BCUT2D eigenvalue weighted by atomic mass is 9.97. The molecule has 1 heterocycles. The Balaban J connectivity index is 1.54. The molecule has 0 aliphatic rings. The Hall–Kier alpha value is -4.09. The first kappa shape index (κ1) is 23.6. The predicted octanol–water partition coefficient (Wildman–Crippen LogP) is 8.49. The summed E-state index contributed by atoms with van der Waals surface area (Å²) in [6.45, 7) is 4.16. The SMILES string of the molecule is CCOc1cc2occ(-c3ccc4ccccc4c3)c2cc1/C(C)=C/C(=O)Nc1ccc(Cl)cc1F. The first-order valence-electron chi connectivity index (χ1n) is 11.5. The standard InChI is InChI=1S/C30H23ClFNO3/c1-3-35-28-16-29-24(25(17-36-29)21-9-8-19-6-4-5-7-20(19)13-21)15-23(28)18(2)12-30(34)33-27-11-10-22(31)14-26(27)32/h4-17H,3H2,1-2H3,(H,33,34)/b18-12+. The molecule has 6 heteroatoms. The minimum absolute atomic E-state index is 0.0577. The van der Waals surface area contributed by atoms with Gasteiger partial charge < -0.3 is 14.5 Å². The average molecular weight is 500 g/mol. The van der Waals surface area contributed by atoms with Gasteiger partial charge in [0.15, 0.2) is 0 Å². The second kappa shape index (κ2) is 9.88. The number of benzene rings is 4. The summed E-state index contributed by atoms with van der Waals surface area (Å²) in [5.74, 6) is -0.460. The van der Waals surface area contributed by atoms with Gasteiger partial charge in [0.05, 0.1) is 18.6 Å². The Morgan fingerprint density at radius 2 is 1.86 bits per heavy atom. The maximum absolute atomic E-state index is 14.1. The number of halogens is 2. The monoisotopic (exact) mass is 499 g/mol. The quantitative estimate of drug-likeness (QED) is 0.238. The van der Waals surface area contributed by atoms with E-state index in [1.54, 1.807) is 6.26 Å². The second-order valence-corrected chi connectivity index (χ2v) is 8.87. The molecular formula is C30H23ClFNO3. The van der Waals surface area contributed by atoms with Crippen LogP contribution >= 0.6 is 11.6 Å². The van der Waals surface area contributed by atoms with Crippen molar-refractivity contribution in [2.75, 3.05) is 11.9 Å². The Labute approximate surface area is 212 Å². The number of amides is 1. The molecule has 4 nitrogen and oxygen atoms in total. The molecule has 0 aliphatic carbocycles. The number of carbonyl (C=O) groups excluding carboxylic acids is 1. The van der Waals surface area contributed by atoms with E-state index in [1.165, 1.54) is 18.2 Å². The van der Waals surface area contributed by atoms with Crippen molar-refractivity contribution in [2.24, 2.45) is 0 Å². The largest absolute Gasteiger partial charge is 0.493 e. The highest BCUT2D eigenvalue weighted by Crippen LogP contribution is 2.38. The van der Waals surface area contributed by atoms with E-state index in [0.29, 0.717) is 23.5 Å². The number of nitrogens with one attached hydrogen (secondary N) is 1. The predicted molar refractivity (Wildman–Crippen MR) is 144 cm³/mol. The number of furan rings is 1. The highest BCUT2D eigenvalue weighted by atomic mass is 35.5. The number of hydrogen-bond donors (Lipinski definition) is 1. The lowest BCUT2D eigenvalue weighted by Gasteiger charge is -2.12. The maximum Gasteiger partial charge on any atom is 0.248 e. The zero-order valence-corrected chi connectivity index (χ0v) is 20.5. The van der Waals surface area contributed by atoms with Crippen LogP contribution in [-0.4, -0.2) is 12.5 Å². The van der Waals surface area contributed by atoms with Gasteiger partial charge >= 0.3 is 0 Å². The molecule has 36 heavy (non-hydrogen) atoms. The fourth-order valence-electron chi connectivity index (χ4n) is 4.25. The number of fused-ring (bicyclic) bond motifs is 2. The number of anilines is 1. The van der Waals surface area contributed by atoms with Crippen molar-refractivity contribution in [1.82, 2.24) is 0 Å². The van der Waals surface area contributed by atoms with E-state index < -0.39 is 11.7 Å². The van der Waals surface area contributed by atoms with Crippen LogP contribution in [0.25, 0.3) is 38.4 Å². The van der Waals surface area contributed by atoms with Crippen LogP contribution in [0.5, 0.6) is 5.75 Å². The van der Waals surface area contributed by atoms with E-state index >= 15 is 0 Å². The van der Waals surface area contributed by atoms with Crippen molar-refractivity contribution < 1.29 is 18.3 Å². The third-order valence-electron chi connectivity index (χ3n) is 6.00. The third-order valence-corrected chi connectivity index (χ3v) is 6.23. The molecular weight excluding hydrogens is 477 g/mol. The van der Waals surface area contributed by atoms with Crippen molar-refractivity contribution in [3.63, 3.8) is 0 Å². The van der Waals surface area contributed by atoms with E-state index in [2.05, 4.69) is 35.6 Å². The molecule has 0 atom stereocenters. The highest BCUT2D eigenvalue weighted by Gasteiger charge is 2.16. The number of rotatable bonds is 6. The molecule has 0 saturated heterocycles. The van der Waals surface area contributed by atoms with Crippen LogP contribution in [0.4, 0.5) is 10.1 Å². The molecule has 1 amide bonds. The summed E-state index contributed by atoms with van der Waals surface area (Å²) in [6, 6.07) is 22.4. The second-order valence-electron chi connectivity index (χ2n) is 8.43. The van der Waals surface area contributed by atoms with Crippen molar-refractivity contribution in [2.45, 2.75) is 13.8 Å². The zero-order valence-electron chi connectivity index (χ0n) is 19.8. The van der Waals surface area contributed by atoms with Gasteiger partial charge in [0.1, 0.15) is 17.1 Å². The molecule has 0 bridgehead atoms. The summed E-state index contributed by atoms with van der Waals surface area (Å²) < 4.78 is 25.9. The normalized spacial score (nSPS) is 11.7. The van der Waals surface area contributed by atoms with Gasteiger partial charge in [-0.3, -0.25) is 4.79 Å². The Morgan fingerprint density at radius 1 is 1.06 bits per heavy atom. The summed E-state index contributed by atoms with van der Waals surface area (Å²) >= 11 is 5.80. The zero-order chi connectivity index (χ0) is 25.2. The Kier molecular flexibility index (Phi) is 6.49. The van der Waals surface area contributed by atoms with Crippen molar-refractivity contribution in [3.05, 3.63) is 102 Å². The lowest BCUT2D eigenvalue weighted by Crippen LogP contribution is -2.10. The fourth-order valence-corrected chi connectivity index (χ4v) is 4.41. The summed E-state index contributed by atoms with van der Waals surface area (Å²) in [7, 11) is 0. The smallest absolute Gasteiger partial charge is 0.248 e. The molecule has 5 aromatic rings. The lowest BCUT2D eigenvalue weighted by molar-refractivity contribution is -0.111. The molecule has 180 valence electrons. The van der Waals surface area contributed by atoms with E-state index in [9.17, 15) is 9.18 Å². The minimum atomic E-state index is -0.600. The first-order valence-corrected chi connectivity index (χ1v) is 11.9. The van der Waals surface area contributed by atoms with Gasteiger partial charge in [-0.1, -0.05) is 48.0 Å². The molecule has 0 fully saturated rings. The summed E-state index contributed by atoms with van der Waals surface area (Å²) in [6.07, 6.45) is 3.16. The van der Waals surface area contributed by atoms with Gasteiger partial charge in [-0.2, -0.15) is 0 Å². The van der Waals surface area contributed by atoms with E-state index in [-0.39, 0.29) is 10.7 Å². The van der Waals surface area contributed by atoms with Crippen LogP contribution in [0.1, 0.15) is 19.4 Å². The van der Waals surface area contributed by atoms with Gasteiger partial charge in [0.25, 0.3) is 0 Å². The first-order chi connectivity index (χ1) is 17.4. The van der Waals surface area contributed by atoms with Crippen molar-refractivity contribution in [3.8, 4) is 16.9 Å². The van der Waals surface area contributed by atoms with Crippen LogP contribution < -0.4 is 10.1 Å². The van der Waals surface area contributed by atoms with Crippen molar-refractivity contribution >= 4 is 50.5 Å². The highest BCUT2D eigenvalue weighted by molar-refractivity contribution is 6.30. The maximum atomic E-state index is 14.1. The van der Waals surface area contributed by atoms with E-state index in [0.717, 1.165) is 38.9 Å². The van der Waals surface area contributed by atoms with Gasteiger partial charge in [0.2, 0.25) is 5.91 Å². The van der Waals surface area contributed by atoms with Gasteiger partial charge in [-0.05, 0) is 66.1 Å². The Morgan fingerprint density at radius 3 is 2.64 bits per heavy atom. The molecule has 4 aromatic carbocycles. The number of carbonyl (C=O) groups is 1. The van der Waals surface area contributed by atoms with Crippen LogP contribution in [0.3, 0.4) is 0 Å². The van der Waals surface area contributed by atoms with Gasteiger partial charge in [-0.15, -0.1) is 0 Å². The molecule has 5 rings (SSSR count). The van der Waals surface area contributed by atoms with E-state index in [1.807, 2.05) is 38.1 Å². The van der Waals surface area contributed by atoms with Crippen molar-refractivity contribution in [1.29, 1.82) is 0 Å². The summed E-state index contributed by atoms with van der Waals surface area (Å²) in [4.78, 5) is 12.7. The van der Waals surface area contributed by atoms with Gasteiger partial charge in [0, 0.05) is 33.7 Å². The van der Waals surface area contributed by atoms with E-state index in [4.69, 9.17) is 20.8 Å². The molecule has 0 spiro atoms. The third kappa shape index (κ3) is 4.70. The van der Waals surface area contributed by atoms with Crippen LogP contribution in [-0.2, 0) is 4.79 Å². The van der Waals surface area contributed by atoms with Gasteiger partial charge in [-0.25, -0.2) is 4.39 Å². The molecule has 0 radical (unpaired) electrons. The number of hydrogen-bond acceptors (Lipinski definition) is 3. The van der Waals surface area contributed by atoms with Crippen LogP contribution in [0, 0.1) is 5.82 Å². The topological polar surface area (TPSA) is 51.5 Å². The minimum Gasteiger partial charge on any atom is -0.493 e. The average Bonchev–Trinajstić information content (AvgIpc) is 3.28. The van der Waals surface area contributed by atoms with Crippen LogP contribution in [0.2, 0.25) is 5.02 Å². The molecule has 0 aliphatic heterocycles. The number of ether oxygens (including phenoxy) is 1. The van der Waals surface area contributed by atoms with Crippen LogP contribution in [0.15, 0.2) is 89.6 Å². The molecule has 0 saturated carbocycles. The summed E-state index contributed by atoms with van der Waals surface area (Å²) in [5.41, 5.74) is 4.13. The molecule has 1 aromatic heterocycles. The number of allylic oxidation sites excluding steroid dienone is 1. The molecule has 0 unspecified atom stereocenters. The summed E-state index contributed by atoms with van der Waals surface area (Å²) in [5, 5.41) is 6.03. The fraction of sp³-hybridized carbons (Fsp3) is 0.100. The Bertz CT molecular complexity index is 1640. The molecule has 1 N–H and O–H groups in total.